The Bertz CT molecular complexity index is 300. The molecule has 0 aromatic carbocycles. The smallest absolute Gasteiger partial charge is 0.324 e. The third-order valence-corrected chi connectivity index (χ3v) is 2.33. The third kappa shape index (κ3) is 3.05. The molecule has 16 heavy (non-hydrogen) atoms. The van der Waals surface area contributed by atoms with Gasteiger partial charge >= 0.3 is 5.97 Å². The second-order valence-corrected chi connectivity index (χ2v) is 4.14. The van der Waals surface area contributed by atoms with E-state index < -0.39 is 11.9 Å². The summed E-state index contributed by atoms with van der Waals surface area (Å²) in [5, 5.41) is 5.28. The van der Waals surface area contributed by atoms with E-state index in [2.05, 4.69) is 18.9 Å². The van der Waals surface area contributed by atoms with Crippen molar-refractivity contribution in [2.24, 2.45) is 16.9 Å². The lowest BCUT2D eigenvalue weighted by Gasteiger charge is -2.14. The van der Waals surface area contributed by atoms with E-state index in [0.29, 0.717) is 12.5 Å². The Labute approximate surface area is 95.4 Å². The molecule has 0 fully saturated rings. The highest BCUT2D eigenvalue weighted by molar-refractivity contribution is 6.13. The highest BCUT2D eigenvalue weighted by Gasteiger charge is 2.35. The highest BCUT2D eigenvalue weighted by Crippen LogP contribution is 2.13. The minimum atomic E-state index is -0.841. The SMILES string of the molecule is CCOC(=O)C1C=NN(CCC(C)C)C1=O. The quantitative estimate of drug-likeness (QED) is 0.520. The molecule has 1 aliphatic rings. The molecule has 1 atom stereocenters. The van der Waals surface area contributed by atoms with Crippen molar-refractivity contribution in [2.75, 3.05) is 13.2 Å². The van der Waals surface area contributed by atoms with Crippen molar-refractivity contribution in [1.29, 1.82) is 0 Å². The molecule has 90 valence electrons. The normalized spacial score (nSPS) is 19.6. The average Bonchev–Trinajstić information content (AvgIpc) is 2.57. The Balaban J connectivity index is 2.48. The standard InChI is InChI=1S/C11H18N2O3/c1-4-16-11(15)9-7-12-13(10(9)14)6-5-8(2)3/h7-9H,4-6H2,1-3H3. The summed E-state index contributed by atoms with van der Waals surface area (Å²) in [4.78, 5) is 23.1. The molecule has 0 bridgehead atoms. The number of carbonyl (C=O) groups is 2. The monoisotopic (exact) mass is 226 g/mol. The fourth-order valence-electron chi connectivity index (χ4n) is 1.37. The van der Waals surface area contributed by atoms with Crippen LogP contribution in [0.25, 0.3) is 0 Å². The number of hydrazone groups is 1. The summed E-state index contributed by atoms with van der Waals surface area (Å²) >= 11 is 0. The maximum atomic E-state index is 11.7. The van der Waals surface area contributed by atoms with Crippen LogP contribution in [-0.2, 0) is 14.3 Å². The molecular weight excluding hydrogens is 208 g/mol. The summed E-state index contributed by atoms with van der Waals surface area (Å²) in [5.41, 5.74) is 0. The number of ether oxygens (including phenoxy) is 1. The van der Waals surface area contributed by atoms with E-state index in [1.807, 2.05) is 0 Å². The van der Waals surface area contributed by atoms with Crippen LogP contribution in [0.3, 0.4) is 0 Å². The van der Waals surface area contributed by atoms with E-state index in [1.165, 1.54) is 11.2 Å². The average molecular weight is 226 g/mol. The number of amides is 1. The molecule has 0 saturated heterocycles. The Hall–Kier alpha value is -1.39. The molecule has 0 aromatic heterocycles. The van der Waals surface area contributed by atoms with Gasteiger partial charge in [0.05, 0.1) is 6.61 Å². The topological polar surface area (TPSA) is 59.0 Å². The fraction of sp³-hybridized carbons (Fsp3) is 0.727. The summed E-state index contributed by atoms with van der Waals surface area (Å²) in [6.07, 6.45) is 2.24. The minimum Gasteiger partial charge on any atom is -0.465 e. The molecule has 1 heterocycles. The van der Waals surface area contributed by atoms with Crippen LogP contribution in [0.5, 0.6) is 0 Å². The lowest BCUT2D eigenvalue weighted by Crippen LogP contribution is -2.33. The van der Waals surface area contributed by atoms with Crippen molar-refractivity contribution >= 4 is 18.1 Å². The zero-order valence-electron chi connectivity index (χ0n) is 9.97. The molecule has 5 heteroatoms. The van der Waals surface area contributed by atoms with E-state index in [4.69, 9.17) is 4.74 Å². The van der Waals surface area contributed by atoms with Crippen molar-refractivity contribution in [3.05, 3.63) is 0 Å². The molecule has 0 N–H and O–H groups in total. The van der Waals surface area contributed by atoms with E-state index in [0.717, 1.165) is 6.42 Å². The second kappa shape index (κ2) is 5.63. The van der Waals surface area contributed by atoms with Crippen LogP contribution in [0.1, 0.15) is 27.2 Å². The number of carbonyl (C=O) groups excluding carboxylic acids is 2. The van der Waals surface area contributed by atoms with Crippen molar-refractivity contribution in [1.82, 2.24) is 5.01 Å². The van der Waals surface area contributed by atoms with Crippen LogP contribution in [-0.4, -0.2) is 36.3 Å². The zero-order chi connectivity index (χ0) is 12.1. The Morgan fingerprint density at radius 2 is 2.31 bits per heavy atom. The van der Waals surface area contributed by atoms with E-state index in [-0.39, 0.29) is 12.5 Å². The molecule has 0 aliphatic carbocycles. The number of hydrogen-bond acceptors (Lipinski definition) is 4. The van der Waals surface area contributed by atoms with Crippen LogP contribution in [0.4, 0.5) is 0 Å². The number of rotatable bonds is 5. The summed E-state index contributed by atoms with van der Waals surface area (Å²) < 4.78 is 4.79. The predicted molar refractivity (Wildman–Crippen MR) is 59.8 cm³/mol. The van der Waals surface area contributed by atoms with Gasteiger partial charge in [0.15, 0.2) is 5.92 Å². The number of hydrogen-bond donors (Lipinski definition) is 0. The largest absolute Gasteiger partial charge is 0.465 e. The highest BCUT2D eigenvalue weighted by atomic mass is 16.5. The summed E-state index contributed by atoms with van der Waals surface area (Å²) in [5.74, 6) is -1.13. The Kier molecular flexibility index (Phi) is 4.46. The van der Waals surface area contributed by atoms with Crippen LogP contribution in [0, 0.1) is 11.8 Å². The van der Waals surface area contributed by atoms with E-state index in [1.54, 1.807) is 6.92 Å². The van der Waals surface area contributed by atoms with Gasteiger partial charge in [0.25, 0.3) is 5.91 Å². The number of nitrogens with zero attached hydrogens (tertiary/aromatic N) is 2. The van der Waals surface area contributed by atoms with Crippen molar-refractivity contribution in [3.8, 4) is 0 Å². The first-order chi connectivity index (χ1) is 7.56. The van der Waals surface area contributed by atoms with Gasteiger partial charge in [-0.1, -0.05) is 13.8 Å². The van der Waals surface area contributed by atoms with Crippen LogP contribution < -0.4 is 0 Å². The fourth-order valence-corrected chi connectivity index (χ4v) is 1.37. The van der Waals surface area contributed by atoms with Gasteiger partial charge in [-0.25, -0.2) is 5.01 Å². The van der Waals surface area contributed by atoms with Gasteiger partial charge in [-0.3, -0.25) is 9.59 Å². The second-order valence-electron chi connectivity index (χ2n) is 4.14. The minimum absolute atomic E-state index is 0.279. The van der Waals surface area contributed by atoms with Crippen molar-refractivity contribution < 1.29 is 14.3 Å². The van der Waals surface area contributed by atoms with E-state index in [9.17, 15) is 9.59 Å². The lowest BCUT2D eigenvalue weighted by atomic mass is 10.1. The molecular formula is C11H18N2O3. The van der Waals surface area contributed by atoms with Gasteiger partial charge in [-0.2, -0.15) is 5.10 Å². The molecule has 0 saturated carbocycles. The van der Waals surface area contributed by atoms with Crippen molar-refractivity contribution in [3.63, 3.8) is 0 Å². The van der Waals surface area contributed by atoms with Gasteiger partial charge < -0.3 is 4.74 Å². The Morgan fingerprint density at radius 3 is 2.88 bits per heavy atom. The summed E-state index contributed by atoms with van der Waals surface area (Å²) in [6.45, 7) is 6.70. The maximum Gasteiger partial charge on any atom is 0.324 e. The third-order valence-electron chi connectivity index (χ3n) is 2.33. The molecule has 1 unspecified atom stereocenters. The molecule has 1 amide bonds. The van der Waals surface area contributed by atoms with Gasteiger partial charge in [-0.05, 0) is 19.3 Å². The Morgan fingerprint density at radius 1 is 1.62 bits per heavy atom. The molecule has 0 spiro atoms. The molecule has 1 aliphatic heterocycles. The van der Waals surface area contributed by atoms with Crippen LogP contribution in [0.15, 0.2) is 5.10 Å². The van der Waals surface area contributed by atoms with E-state index >= 15 is 0 Å². The first-order valence-corrected chi connectivity index (χ1v) is 5.58. The summed E-state index contributed by atoms with van der Waals surface area (Å²) in [6, 6.07) is 0. The predicted octanol–water partition coefficient (Wildman–Crippen LogP) is 1.04. The van der Waals surface area contributed by atoms with Gasteiger partial charge in [0.2, 0.25) is 0 Å². The first kappa shape index (κ1) is 12.7. The van der Waals surface area contributed by atoms with Gasteiger partial charge in [0, 0.05) is 12.8 Å². The van der Waals surface area contributed by atoms with Crippen molar-refractivity contribution in [2.45, 2.75) is 27.2 Å². The summed E-state index contributed by atoms with van der Waals surface area (Å²) in [7, 11) is 0. The van der Waals surface area contributed by atoms with Crippen LogP contribution in [0.2, 0.25) is 0 Å². The molecule has 5 nitrogen and oxygen atoms in total. The molecule has 1 rings (SSSR count). The lowest BCUT2D eigenvalue weighted by molar-refractivity contribution is -0.150. The number of esters is 1. The maximum absolute atomic E-state index is 11.7. The first-order valence-electron chi connectivity index (χ1n) is 5.58. The van der Waals surface area contributed by atoms with Crippen LogP contribution >= 0.6 is 0 Å². The zero-order valence-corrected chi connectivity index (χ0v) is 9.97. The van der Waals surface area contributed by atoms with Gasteiger partial charge in [-0.15, -0.1) is 0 Å². The molecule has 0 radical (unpaired) electrons. The molecule has 0 aromatic rings. The van der Waals surface area contributed by atoms with Gasteiger partial charge in [0.1, 0.15) is 0 Å².